The lowest BCUT2D eigenvalue weighted by Gasteiger charge is -2.05. The highest BCUT2D eigenvalue weighted by Crippen LogP contribution is 2.22. The van der Waals surface area contributed by atoms with E-state index in [1.54, 1.807) is 13.8 Å². The van der Waals surface area contributed by atoms with Gasteiger partial charge in [0.1, 0.15) is 17.5 Å². The predicted molar refractivity (Wildman–Crippen MR) is 63.1 cm³/mol. The fraction of sp³-hybridized carbons (Fsp3) is 0.222. The second-order valence-electron chi connectivity index (χ2n) is 3.56. The highest BCUT2D eigenvalue weighted by molar-refractivity contribution is 5.52. The summed E-state index contributed by atoms with van der Waals surface area (Å²) in [6.07, 6.45) is 0. The van der Waals surface area contributed by atoms with Crippen molar-refractivity contribution >= 4 is 11.5 Å². The van der Waals surface area contributed by atoms with Crippen LogP contribution in [0.25, 0.3) is 5.82 Å². The minimum atomic E-state index is -0.529. The lowest BCUT2D eigenvalue weighted by Crippen LogP contribution is -2.12. The molecule has 0 saturated carbocycles. The topological polar surface area (TPSA) is 125 Å². The number of rotatable bonds is 3. The largest absolute Gasteiger partial charge is 0.313 e. The zero-order chi connectivity index (χ0) is 13.3. The molecule has 0 aliphatic rings. The van der Waals surface area contributed by atoms with E-state index in [-0.39, 0.29) is 11.5 Å². The summed E-state index contributed by atoms with van der Waals surface area (Å²) < 4.78 is 1.31. The quantitative estimate of drug-likeness (QED) is 0.460. The van der Waals surface area contributed by atoms with Crippen LogP contribution in [-0.4, -0.2) is 24.7 Å². The molecule has 0 aromatic carbocycles. The van der Waals surface area contributed by atoms with E-state index < -0.39 is 4.92 Å². The molecule has 0 bridgehead atoms. The third-order valence-electron chi connectivity index (χ3n) is 2.27. The van der Waals surface area contributed by atoms with Crippen molar-refractivity contribution in [1.82, 2.24) is 19.7 Å². The van der Waals surface area contributed by atoms with Crippen molar-refractivity contribution in [1.29, 1.82) is 0 Å². The molecule has 9 nitrogen and oxygen atoms in total. The monoisotopic (exact) mass is 249 g/mol. The van der Waals surface area contributed by atoms with Crippen molar-refractivity contribution in [3.05, 3.63) is 33.9 Å². The van der Waals surface area contributed by atoms with Gasteiger partial charge in [0.2, 0.25) is 5.82 Å². The van der Waals surface area contributed by atoms with Gasteiger partial charge in [0.05, 0.1) is 4.92 Å². The second kappa shape index (κ2) is 4.37. The summed E-state index contributed by atoms with van der Waals surface area (Å²) in [5.41, 5.74) is 2.17. The van der Waals surface area contributed by atoms with E-state index in [9.17, 15) is 10.1 Å². The molecule has 0 unspecified atom stereocenters. The molecule has 2 rings (SSSR count). The van der Waals surface area contributed by atoms with Crippen LogP contribution in [0.15, 0.2) is 12.1 Å². The smallest absolute Gasteiger partial charge is 0.308 e. The number of nitro groups is 1. The second-order valence-corrected chi connectivity index (χ2v) is 3.56. The zero-order valence-corrected chi connectivity index (χ0v) is 9.78. The van der Waals surface area contributed by atoms with Crippen molar-refractivity contribution in [2.24, 2.45) is 5.84 Å². The first kappa shape index (κ1) is 11.9. The fourth-order valence-corrected chi connectivity index (χ4v) is 1.54. The summed E-state index contributed by atoms with van der Waals surface area (Å²) in [6, 6.07) is 2.73. The van der Waals surface area contributed by atoms with Crippen LogP contribution in [0.3, 0.4) is 0 Å². The van der Waals surface area contributed by atoms with Crippen LogP contribution in [0.5, 0.6) is 0 Å². The third-order valence-corrected chi connectivity index (χ3v) is 2.27. The number of hydrazine groups is 1. The first-order valence-electron chi connectivity index (χ1n) is 5.05. The number of nitrogens with one attached hydrogen (secondary N) is 1. The number of aromatic nitrogens is 4. The maximum atomic E-state index is 11.0. The van der Waals surface area contributed by atoms with Gasteiger partial charge >= 0.3 is 5.69 Å². The van der Waals surface area contributed by atoms with E-state index in [1.807, 2.05) is 0 Å². The Labute approximate surface area is 102 Å². The molecule has 2 heterocycles. The molecule has 0 radical (unpaired) electrons. The molecule has 0 amide bonds. The van der Waals surface area contributed by atoms with E-state index in [1.165, 1.54) is 16.8 Å². The Morgan fingerprint density at radius 1 is 1.39 bits per heavy atom. The summed E-state index contributed by atoms with van der Waals surface area (Å²) in [5, 5.41) is 15.0. The van der Waals surface area contributed by atoms with Crippen molar-refractivity contribution in [3.63, 3.8) is 0 Å². The first-order valence-corrected chi connectivity index (χ1v) is 5.05. The molecule has 2 aromatic heterocycles. The molecule has 2 aromatic rings. The van der Waals surface area contributed by atoms with Crippen molar-refractivity contribution < 1.29 is 4.92 Å². The van der Waals surface area contributed by atoms with Crippen LogP contribution in [0.4, 0.5) is 11.5 Å². The van der Waals surface area contributed by atoms with Crippen molar-refractivity contribution in [2.75, 3.05) is 5.43 Å². The Bertz CT molecular complexity index is 607. The number of hydrogen-bond acceptors (Lipinski definition) is 7. The maximum Gasteiger partial charge on any atom is 0.313 e. The van der Waals surface area contributed by atoms with Gasteiger partial charge in [-0.2, -0.15) is 4.68 Å². The molecule has 0 aliphatic carbocycles. The average molecular weight is 249 g/mol. The molecule has 0 aliphatic heterocycles. The Hall–Kier alpha value is -2.55. The highest BCUT2D eigenvalue weighted by Gasteiger charge is 2.20. The van der Waals surface area contributed by atoms with Gasteiger partial charge in [0.25, 0.3) is 0 Å². The lowest BCUT2D eigenvalue weighted by atomic mass is 10.3. The molecule has 0 saturated heterocycles. The summed E-state index contributed by atoms with van der Waals surface area (Å²) in [6.45, 7) is 3.38. The standard InChI is InChI=1S/C9H11N7O2/c1-5-11-6(2)15(14-5)9-7(16(17)18)3-4-8(12-9)13-10/h3-4H,10H2,1-2H3,(H,12,13). The predicted octanol–water partition coefficient (Wildman–Crippen LogP) is 0.473. The van der Waals surface area contributed by atoms with Gasteiger partial charge < -0.3 is 5.43 Å². The summed E-state index contributed by atoms with van der Waals surface area (Å²) in [5.74, 6) is 6.64. The molecule has 3 N–H and O–H groups in total. The molecule has 0 atom stereocenters. The van der Waals surface area contributed by atoms with Crippen LogP contribution < -0.4 is 11.3 Å². The minimum Gasteiger partial charge on any atom is -0.308 e. The Morgan fingerprint density at radius 3 is 2.61 bits per heavy atom. The molecule has 18 heavy (non-hydrogen) atoms. The van der Waals surface area contributed by atoms with E-state index in [2.05, 4.69) is 20.5 Å². The van der Waals surface area contributed by atoms with Crippen LogP contribution in [0.1, 0.15) is 11.6 Å². The van der Waals surface area contributed by atoms with Crippen molar-refractivity contribution in [3.8, 4) is 5.82 Å². The number of nitrogens with two attached hydrogens (primary N) is 1. The van der Waals surface area contributed by atoms with Gasteiger partial charge in [0, 0.05) is 6.07 Å². The van der Waals surface area contributed by atoms with E-state index in [4.69, 9.17) is 5.84 Å². The number of anilines is 1. The Morgan fingerprint density at radius 2 is 2.11 bits per heavy atom. The maximum absolute atomic E-state index is 11.0. The summed E-state index contributed by atoms with van der Waals surface area (Å²) in [7, 11) is 0. The minimum absolute atomic E-state index is 0.0774. The van der Waals surface area contributed by atoms with Crippen molar-refractivity contribution in [2.45, 2.75) is 13.8 Å². The van der Waals surface area contributed by atoms with Crippen LogP contribution in [0, 0.1) is 24.0 Å². The molecular formula is C9H11N7O2. The van der Waals surface area contributed by atoms with Gasteiger partial charge in [-0.15, -0.1) is 5.10 Å². The third kappa shape index (κ3) is 1.98. The zero-order valence-electron chi connectivity index (χ0n) is 9.78. The summed E-state index contributed by atoms with van der Waals surface area (Å²) >= 11 is 0. The Balaban J connectivity index is 2.67. The van der Waals surface area contributed by atoms with E-state index >= 15 is 0 Å². The van der Waals surface area contributed by atoms with Gasteiger partial charge in [-0.25, -0.2) is 15.8 Å². The van der Waals surface area contributed by atoms with Gasteiger partial charge in [-0.05, 0) is 19.9 Å². The summed E-state index contributed by atoms with van der Waals surface area (Å²) in [4.78, 5) is 18.6. The average Bonchev–Trinajstić information content (AvgIpc) is 2.67. The SMILES string of the molecule is Cc1nc(C)n(-c2nc(NN)ccc2[N+](=O)[O-])n1. The number of aryl methyl sites for hydroxylation is 2. The van der Waals surface area contributed by atoms with Crippen LogP contribution in [0.2, 0.25) is 0 Å². The fourth-order valence-electron chi connectivity index (χ4n) is 1.54. The first-order chi connectivity index (χ1) is 8.52. The molecule has 0 spiro atoms. The molecule has 0 fully saturated rings. The molecule has 9 heteroatoms. The number of nitrogens with zero attached hydrogens (tertiary/aromatic N) is 5. The van der Waals surface area contributed by atoms with E-state index in [0.717, 1.165) is 0 Å². The normalized spacial score (nSPS) is 10.4. The van der Waals surface area contributed by atoms with Gasteiger partial charge in [0.15, 0.2) is 0 Å². The number of nitrogen functional groups attached to an aromatic ring is 1. The van der Waals surface area contributed by atoms with Gasteiger partial charge in [-0.3, -0.25) is 10.1 Å². The number of pyridine rings is 1. The molecular weight excluding hydrogens is 238 g/mol. The highest BCUT2D eigenvalue weighted by atomic mass is 16.6. The lowest BCUT2D eigenvalue weighted by molar-refractivity contribution is -0.384. The van der Waals surface area contributed by atoms with E-state index in [0.29, 0.717) is 17.5 Å². The molecule has 94 valence electrons. The van der Waals surface area contributed by atoms with Crippen LogP contribution >= 0.6 is 0 Å². The number of hydrogen-bond donors (Lipinski definition) is 2. The van der Waals surface area contributed by atoms with Crippen LogP contribution in [-0.2, 0) is 0 Å². The Kier molecular flexibility index (Phi) is 2.90. The van der Waals surface area contributed by atoms with Gasteiger partial charge in [-0.1, -0.05) is 0 Å².